The number of benzene rings is 2. The van der Waals surface area contributed by atoms with E-state index >= 15 is 0 Å². The van der Waals surface area contributed by atoms with Crippen LogP contribution >= 0.6 is 0 Å². The molecular formula is C22H21F5N6O3. The largest absolute Gasteiger partial charge is 0.418 e. The van der Waals surface area contributed by atoms with Crippen molar-refractivity contribution in [3.05, 3.63) is 81.9 Å². The Bertz CT molecular complexity index is 1230. The normalized spacial score (nSPS) is 16.7. The summed E-state index contributed by atoms with van der Waals surface area (Å²) in [7, 11) is 0. The maximum Gasteiger partial charge on any atom is 0.418 e. The van der Waals surface area contributed by atoms with Crippen LogP contribution in [0.5, 0.6) is 0 Å². The van der Waals surface area contributed by atoms with E-state index in [4.69, 9.17) is 0 Å². The van der Waals surface area contributed by atoms with Gasteiger partial charge in [-0.25, -0.2) is 18.4 Å². The molecule has 0 amide bonds. The van der Waals surface area contributed by atoms with E-state index in [1.54, 1.807) is 4.90 Å². The topological polar surface area (TPSA) is 101 Å². The number of β-amino-alcohol motifs (C(OH)–C–C–N with tert-alkyl or cyclic N) is 1. The zero-order valence-corrected chi connectivity index (χ0v) is 18.7. The number of aliphatic hydroxyl groups is 1. The van der Waals surface area contributed by atoms with Crippen LogP contribution in [0.2, 0.25) is 0 Å². The van der Waals surface area contributed by atoms with E-state index < -0.39 is 39.6 Å². The number of alkyl halides is 3. The minimum absolute atomic E-state index is 0.115. The van der Waals surface area contributed by atoms with Crippen LogP contribution < -0.4 is 4.90 Å². The van der Waals surface area contributed by atoms with E-state index in [1.165, 1.54) is 22.2 Å². The van der Waals surface area contributed by atoms with Gasteiger partial charge in [0.05, 0.1) is 17.0 Å². The minimum Gasteiger partial charge on any atom is -0.382 e. The highest BCUT2D eigenvalue weighted by Crippen LogP contribution is 2.39. The van der Waals surface area contributed by atoms with Crippen LogP contribution in [0.4, 0.5) is 33.3 Å². The first kappa shape index (κ1) is 25.4. The fraction of sp³-hybridized carbons (Fsp3) is 0.364. The van der Waals surface area contributed by atoms with Crippen LogP contribution in [0.1, 0.15) is 11.1 Å². The Morgan fingerprint density at radius 2 is 1.72 bits per heavy atom. The Kier molecular flexibility index (Phi) is 6.91. The van der Waals surface area contributed by atoms with Gasteiger partial charge in [0.15, 0.2) is 0 Å². The molecule has 3 aromatic rings. The molecule has 0 aliphatic carbocycles. The van der Waals surface area contributed by atoms with Crippen LogP contribution in [-0.4, -0.2) is 62.4 Å². The zero-order valence-electron chi connectivity index (χ0n) is 18.7. The van der Waals surface area contributed by atoms with Gasteiger partial charge in [-0.3, -0.25) is 15.0 Å². The molecule has 36 heavy (non-hydrogen) atoms. The fourth-order valence-electron chi connectivity index (χ4n) is 4.33. The van der Waals surface area contributed by atoms with Gasteiger partial charge in [-0.05, 0) is 12.1 Å². The second-order valence-electron chi connectivity index (χ2n) is 8.47. The third-order valence-corrected chi connectivity index (χ3v) is 6.02. The highest BCUT2D eigenvalue weighted by Gasteiger charge is 2.39. The van der Waals surface area contributed by atoms with Crippen molar-refractivity contribution in [2.24, 2.45) is 0 Å². The molecule has 1 fully saturated rings. The molecule has 2 aromatic carbocycles. The summed E-state index contributed by atoms with van der Waals surface area (Å²) >= 11 is 0. The standard InChI is InChI=1S/C22H21F5N6O3/c23-15-1-3-17(19(24)9-15)21(34,12-32-14-28-13-29-32)11-30-5-7-31(8-6-30)20-4-2-16(33(35)36)10-18(20)22(25,26)27/h1-4,9-10,13-14,34H,5-8,11-12H2. The number of non-ortho nitro benzene ring substituents is 1. The summed E-state index contributed by atoms with van der Waals surface area (Å²) in [5.74, 6) is -1.76. The van der Waals surface area contributed by atoms with Crippen LogP contribution in [0.25, 0.3) is 0 Å². The van der Waals surface area contributed by atoms with Crippen molar-refractivity contribution in [3.8, 4) is 0 Å². The predicted molar refractivity (Wildman–Crippen MR) is 117 cm³/mol. The summed E-state index contributed by atoms with van der Waals surface area (Å²) in [5.41, 5.74) is -3.96. The number of hydrogen-bond donors (Lipinski definition) is 1. The molecular weight excluding hydrogens is 491 g/mol. The first-order valence-electron chi connectivity index (χ1n) is 10.8. The number of anilines is 1. The van der Waals surface area contributed by atoms with Gasteiger partial charge in [-0.15, -0.1) is 0 Å². The summed E-state index contributed by atoms with van der Waals surface area (Å²) < 4.78 is 70.2. The molecule has 0 spiro atoms. The van der Waals surface area contributed by atoms with Crippen molar-refractivity contribution >= 4 is 11.4 Å². The van der Waals surface area contributed by atoms with Crippen molar-refractivity contribution in [2.75, 3.05) is 37.6 Å². The number of nitro groups is 1. The molecule has 4 rings (SSSR count). The highest BCUT2D eigenvalue weighted by atomic mass is 19.4. The molecule has 0 bridgehead atoms. The summed E-state index contributed by atoms with van der Waals surface area (Å²) in [5, 5.41) is 26.4. The number of aromatic nitrogens is 3. The molecule has 14 heteroatoms. The lowest BCUT2D eigenvalue weighted by Crippen LogP contribution is -2.52. The van der Waals surface area contributed by atoms with Gasteiger partial charge in [-0.1, -0.05) is 6.07 Å². The van der Waals surface area contributed by atoms with Crippen molar-refractivity contribution in [1.29, 1.82) is 0 Å². The van der Waals surface area contributed by atoms with Gasteiger partial charge >= 0.3 is 6.18 Å². The molecule has 0 saturated carbocycles. The molecule has 1 atom stereocenters. The van der Waals surface area contributed by atoms with E-state index in [1.807, 2.05) is 0 Å². The van der Waals surface area contributed by atoms with Gasteiger partial charge in [0.2, 0.25) is 0 Å². The number of nitro benzene ring substituents is 1. The lowest BCUT2D eigenvalue weighted by molar-refractivity contribution is -0.385. The third kappa shape index (κ3) is 5.44. The minimum atomic E-state index is -4.79. The molecule has 9 nitrogen and oxygen atoms in total. The molecule has 1 aliphatic heterocycles. The van der Waals surface area contributed by atoms with Gasteiger partial charge in [0.25, 0.3) is 5.69 Å². The molecule has 1 unspecified atom stereocenters. The Morgan fingerprint density at radius 1 is 1.00 bits per heavy atom. The quantitative estimate of drug-likeness (QED) is 0.295. The molecule has 192 valence electrons. The van der Waals surface area contributed by atoms with Crippen molar-refractivity contribution in [3.63, 3.8) is 0 Å². The van der Waals surface area contributed by atoms with Crippen molar-refractivity contribution in [2.45, 2.75) is 18.3 Å². The van der Waals surface area contributed by atoms with Crippen LogP contribution in [0.3, 0.4) is 0 Å². The van der Waals surface area contributed by atoms with Gasteiger partial charge in [-0.2, -0.15) is 18.3 Å². The fourth-order valence-corrected chi connectivity index (χ4v) is 4.33. The van der Waals surface area contributed by atoms with E-state index in [-0.39, 0.29) is 50.5 Å². The SMILES string of the molecule is O=[N+]([O-])c1ccc(N2CCN(CC(O)(Cn3cncn3)c3ccc(F)cc3F)CC2)c(C(F)(F)F)c1. The molecule has 1 N–H and O–H groups in total. The number of nitrogens with zero attached hydrogens (tertiary/aromatic N) is 6. The zero-order chi connectivity index (χ0) is 26.1. The number of piperazine rings is 1. The number of hydrogen-bond acceptors (Lipinski definition) is 7. The molecule has 1 aromatic heterocycles. The average molecular weight is 512 g/mol. The maximum atomic E-state index is 14.6. The Hall–Kier alpha value is -3.65. The van der Waals surface area contributed by atoms with E-state index in [0.29, 0.717) is 12.1 Å². The average Bonchev–Trinajstić information content (AvgIpc) is 3.31. The van der Waals surface area contributed by atoms with Gasteiger partial charge in [0.1, 0.15) is 29.9 Å². The predicted octanol–water partition coefficient (Wildman–Crippen LogP) is 3.19. The molecule has 1 saturated heterocycles. The summed E-state index contributed by atoms with van der Waals surface area (Å²) in [6.45, 7) is 0.331. The number of halogens is 5. The molecule has 0 radical (unpaired) electrons. The highest BCUT2D eigenvalue weighted by molar-refractivity contribution is 5.59. The summed E-state index contributed by atoms with van der Waals surface area (Å²) in [6.07, 6.45) is -2.23. The van der Waals surface area contributed by atoms with E-state index in [2.05, 4.69) is 10.1 Å². The van der Waals surface area contributed by atoms with Gasteiger partial charge < -0.3 is 10.0 Å². The third-order valence-electron chi connectivity index (χ3n) is 6.02. The Labute approximate surface area is 201 Å². The van der Waals surface area contributed by atoms with Gasteiger partial charge in [0, 0.05) is 62.2 Å². The maximum absolute atomic E-state index is 14.6. The lowest BCUT2D eigenvalue weighted by Gasteiger charge is -2.41. The van der Waals surface area contributed by atoms with Crippen LogP contribution in [-0.2, 0) is 18.3 Å². The first-order chi connectivity index (χ1) is 17.0. The summed E-state index contributed by atoms with van der Waals surface area (Å²) in [4.78, 5) is 17.1. The van der Waals surface area contributed by atoms with E-state index in [0.717, 1.165) is 24.3 Å². The van der Waals surface area contributed by atoms with E-state index in [9.17, 15) is 37.2 Å². The monoisotopic (exact) mass is 512 g/mol. The first-order valence-corrected chi connectivity index (χ1v) is 10.8. The Morgan fingerprint density at radius 3 is 2.31 bits per heavy atom. The summed E-state index contributed by atoms with van der Waals surface area (Å²) in [6, 6.07) is 5.43. The van der Waals surface area contributed by atoms with Crippen molar-refractivity contribution in [1.82, 2.24) is 19.7 Å². The number of rotatable bonds is 7. The molecule has 1 aliphatic rings. The second kappa shape index (κ2) is 9.78. The smallest absolute Gasteiger partial charge is 0.382 e. The van der Waals surface area contributed by atoms with Crippen LogP contribution in [0.15, 0.2) is 49.1 Å². The Balaban J connectivity index is 1.54. The molecule has 2 heterocycles. The second-order valence-corrected chi connectivity index (χ2v) is 8.47. The van der Waals surface area contributed by atoms with Crippen LogP contribution in [0, 0.1) is 21.7 Å². The lowest BCUT2D eigenvalue weighted by atomic mass is 9.92. The van der Waals surface area contributed by atoms with Crippen molar-refractivity contribution < 1.29 is 32.0 Å².